The molecule has 2 aromatic rings. The molecule has 0 aliphatic rings. The Morgan fingerprint density at radius 1 is 1.12 bits per heavy atom. The average Bonchev–Trinajstić information content (AvgIpc) is 2.80. The Balaban J connectivity index is 2.53. The van der Waals surface area contributed by atoms with Gasteiger partial charge in [-0.15, -0.1) is 11.3 Å². The van der Waals surface area contributed by atoms with Gasteiger partial charge < -0.3 is 0 Å². The fourth-order valence-corrected chi connectivity index (χ4v) is 3.54. The van der Waals surface area contributed by atoms with Gasteiger partial charge in [0, 0.05) is 16.5 Å². The van der Waals surface area contributed by atoms with Crippen LogP contribution in [0.5, 0.6) is 0 Å². The van der Waals surface area contributed by atoms with Crippen molar-refractivity contribution in [3.8, 4) is 0 Å². The maximum Gasteiger partial charge on any atom is 0.103 e. The Kier molecular flexibility index (Phi) is 3.63. The van der Waals surface area contributed by atoms with Crippen molar-refractivity contribution in [3.05, 3.63) is 52.0 Å². The Morgan fingerprint density at radius 2 is 1.76 bits per heavy atom. The molecule has 0 saturated heterocycles. The lowest BCUT2D eigenvalue weighted by molar-refractivity contribution is 0.476. The molecule has 0 amide bonds. The van der Waals surface area contributed by atoms with E-state index in [9.17, 15) is 0 Å². The van der Waals surface area contributed by atoms with E-state index in [1.165, 1.54) is 15.4 Å². The van der Waals surface area contributed by atoms with Gasteiger partial charge in [-0.3, -0.25) is 0 Å². The van der Waals surface area contributed by atoms with Crippen LogP contribution in [0.1, 0.15) is 42.1 Å². The average molecular weight is 245 g/mol. The molecule has 0 bridgehead atoms. The highest BCUT2D eigenvalue weighted by atomic mass is 32.1. The van der Waals surface area contributed by atoms with E-state index in [0.717, 1.165) is 12.8 Å². The summed E-state index contributed by atoms with van der Waals surface area (Å²) in [7, 11) is 0. The van der Waals surface area contributed by atoms with Gasteiger partial charge >= 0.3 is 0 Å². The lowest BCUT2D eigenvalue weighted by atomic mass is 9.76. The number of hydrogen-bond acceptors (Lipinski definition) is 2. The quantitative estimate of drug-likeness (QED) is 0.769. The number of rotatable bonds is 4. The van der Waals surface area contributed by atoms with Crippen molar-refractivity contribution in [1.29, 1.82) is 0 Å². The zero-order chi connectivity index (χ0) is 12.3. The van der Waals surface area contributed by atoms with Crippen molar-refractivity contribution in [2.45, 2.75) is 39.0 Å². The molecular weight excluding hydrogens is 226 g/mol. The van der Waals surface area contributed by atoms with Crippen LogP contribution in [-0.2, 0) is 5.41 Å². The molecule has 2 heteroatoms. The summed E-state index contributed by atoms with van der Waals surface area (Å²) >= 11 is 1.83. The number of hydrogen-bond donors (Lipinski definition) is 0. The van der Waals surface area contributed by atoms with Gasteiger partial charge in [0.2, 0.25) is 0 Å². The molecule has 0 saturated carbocycles. The predicted octanol–water partition coefficient (Wildman–Crippen LogP) is 4.56. The van der Waals surface area contributed by atoms with Crippen LogP contribution in [0.4, 0.5) is 0 Å². The van der Waals surface area contributed by atoms with Crippen molar-refractivity contribution in [2.24, 2.45) is 0 Å². The first-order valence-corrected chi connectivity index (χ1v) is 7.03. The molecule has 0 unspecified atom stereocenters. The summed E-state index contributed by atoms with van der Waals surface area (Å²) in [6.07, 6.45) is 4.18. The highest BCUT2D eigenvalue weighted by Gasteiger charge is 2.33. The molecule has 17 heavy (non-hydrogen) atoms. The zero-order valence-electron chi connectivity index (χ0n) is 10.7. The zero-order valence-corrected chi connectivity index (χ0v) is 11.6. The lowest BCUT2D eigenvalue weighted by Gasteiger charge is -2.30. The third kappa shape index (κ3) is 2.14. The van der Waals surface area contributed by atoms with E-state index in [4.69, 9.17) is 0 Å². The van der Waals surface area contributed by atoms with Crippen molar-refractivity contribution >= 4 is 11.3 Å². The molecule has 0 radical (unpaired) electrons. The normalized spacial score (nSPS) is 11.7. The Bertz CT molecular complexity index is 469. The molecule has 0 N–H and O–H groups in total. The van der Waals surface area contributed by atoms with Crippen LogP contribution in [0.15, 0.2) is 36.5 Å². The van der Waals surface area contributed by atoms with E-state index < -0.39 is 0 Å². The highest BCUT2D eigenvalue weighted by molar-refractivity contribution is 7.11. The van der Waals surface area contributed by atoms with E-state index in [2.05, 4.69) is 56.1 Å². The summed E-state index contributed by atoms with van der Waals surface area (Å²) in [4.78, 5) is 5.92. The summed E-state index contributed by atoms with van der Waals surface area (Å²) < 4.78 is 0. The van der Waals surface area contributed by atoms with Crippen LogP contribution in [-0.4, -0.2) is 4.98 Å². The third-order valence-electron chi connectivity index (χ3n) is 3.56. The van der Waals surface area contributed by atoms with Gasteiger partial charge in [0.25, 0.3) is 0 Å². The highest BCUT2D eigenvalue weighted by Crippen LogP contribution is 2.40. The third-order valence-corrected chi connectivity index (χ3v) is 4.68. The summed E-state index contributed by atoms with van der Waals surface area (Å²) in [5, 5.41) is 1.26. The van der Waals surface area contributed by atoms with Gasteiger partial charge in [-0.25, -0.2) is 4.98 Å². The molecule has 0 aliphatic heterocycles. The number of thiazole rings is 1. The van der Waals surface area contributed by atoms with Crippen LogP contribution in [0.25, 0.3) is 0 Å². The van der Waals surface area contributed by atoms with E-state index in [1.54, 1.807) is 0 Å². The van der Waals surface area contributed by atoms with Gasteiger partial charge in [0.05, 0.1) is 0 Å². The standard InChI is InChI=1S/C15H19NS/c1-4-15(5-2,13-9-7-6-8-10-13)14-16-11-12(3)17-14/h6-11H,4-5H2,1-3H3. The molecule has 2 rings (SSSR count). The van der Waals surface area contributed by atoms with Gasteiger partial charge in [-0.05, 0) is 25.3 Å². The van der Waals surface area contributed by atoms with E-state index in [1.807, 2.05) is 17.5 Å². The number of nitrogens with zero attached hydrogens (tertiary/aromatic N) is 1. The minimum absolute atomic E-state index is 0.0974. The van der Waals surface area contributed by atoms with Gasteiger partial charge in [-0.1, -0.05) is 44.2 Å². The number of aryl methyl sites for hydroxylation is 1. The fourth-order valence-electron chi connectivity index (χ4n) is 2.42. The smallest absolute Gasteiger partial charge is 0.103 e. The van der Waals surface area contributed by atoms with E-state index >= 15 is 0 Å². The van der Waals surface area contributed by atoms with Crippen molar-refractivity contribution < 1.29 is 0 Å². The largest absolute Gasteiger partial charge is 0.248 e. The van der Waals surface area contributed by atoms with Crippen LogP contribution in [0.3, 0.4) is 0 Å². The number of benzene rings is 1. The van der Waals surface area contributed by atoms with Gasteiger partial charge in [0.15, 0.2) is 0 Å². The minimum atomic E-state index is 0.0974. The second kappa shape index (κ2) is 5.01. The second-order valence-electron chi connectivity index (χ2n) is 4.43. The molecule has 0 aliphatic carbocycles. The predicted molar refractivity (Wildman–Crippen MR) is 74.7 cm³/mol. The van der Waals surface area contributed by atoms with E-state index in [0.29, 0.717) is 0 Å². The van der Waals surface area contributed by atoms with Gasteiger partial charge in [-0.2, -0.15) is 0 Å². The second-order valence-corrected chi connectivity index (χ2v) is 5.67. The first kappa shape index (κ1) is 12.3. The Hall–Kier alpha value is -1.15. The molecule has 0 fully saturated rings. The van der Waals surface area contributed by atoms with Crippen LogP contribution < -0.4 is 0 Å². The maximum absolute atomic E-state index is 4.62. The summed E-state index contributed by atoms with van der Waals surface area (Å²) in [5.74, 6) is 0. The van der Waals surface area contributed by atoms with Crippen LogP contribution >= 0.6 is 11.3 Å². The summed E-state index contributed by atoms with van der Waals surface area (Å²) in [6, 6.07) is 10.8. The van der Waals surface area contributed by atoms with Crippen molar-refractivity contribution in [1.82, 2.24) is 4.98 Å². The number of aromatic nitrogens is 1. The van der Waals surface area contributed by atoms with Gasteiger partial charge in [0.1, 0.15) is 5.01 Å². The lowest BCUT2D eigenvalue weighted by Crippen LogP contribution is -2.25. The van der Waals surface area contributed by atoms with Crippen LogP contribution in [0, 0.1) is 6.92 Å². The molecule has 90 valence electrons. The molecule has 1 nitrogen and oxygen atoms in total. The summed E-state index contributed by atoms with van der Waals surface area (Å²) in [5.41, 5.74) is 1.49. The molecule has 1 aromatic heterocycles. The fraction of sp³-hybridized carbons (Fsp3) is 0.400. The first-order chi connectivity index (χ1) is 8.23. The molecular formula is C15H19NS. The summed E-state index contributed by atoms with van der Waals surface area (Å²) in [6.45, 7) is 6.64. The maximum atomic E-state index is 4.62. The molecule has 0 atom stereocenters. The van der Waals surface area contributed by atoms with E-state index in [-0.39, 0.29) is 5.41 Å². The Labute approximate surface area is 108 Å². The van der Waals surface area contributed by atoms with Crippen molar-refractivity contribution in [2.75, 3.05) is 0 Å². The molecule has 0 spiro atoms. The van der Waals surface area contributed by atoms with Crippen LogP contribution in [0.2, 0.25) is 0 Å². The molecule has 1 heterocycles. The SMILES string of the molecule is CCC(CC)(c1ccccc1)c1ncc(C)s1. The first-order valence-electron chi connectivity index (χ1n) is 6.21. The Morgan fingerprint density at radius 3 is 2.24 bits per heavy atom. The minimum Gasteiger partial charge on any atom is -0.248 e. The van der Waals surface area contributed by atoms with Crippen molar-refractivity contribution in [3.63, 3.8) is 0 Å². The molecule has 1 aromatic carbocycles. The topological polar surface area (TPSA) is 12.9 Å². The monoisotopic (exact) mass is 245 g/mol.